The van der Waals surface area contributed by atoms with Gasteiger partial charge in [0.25, 0.3) is 0 Å². The number of halogens is 1. The summed E-state index contributed by atoms with van der Waals surface area (Å²) in [5.41, 5.74) is 9.32. The van der Waals surface area contributed by atoms with Crippen molar-refractivity contribution in [1.82, 2.24) is 0 Å². The van der Waals surface area contributed by atoms with Crippen LogP contribution in [-0.4, -0.2) is 19.7 Å². The lowest BCUT2D eigenvalue weighted by Gasteiger charge is -2.19. The molecule has 0 unspecified atom stereocenters. The smallest absolute Gasteiger partial charge is 0.119 e. The van der Waals surface area contributed by atoms with Crippen molar-refractivity contribution < 1.29 is 4.74 Å². The molecule has 0 saturated heterocycles. The molecule has 2 N–H and O–H groups in total. The minimum Gasteiger partial charge on any atom is -0.492 e. The van der Waals surface area contributed by atoms with Gasteiger partial charge in [-0.3, -0.25) is 0 Å². The number of benzene rings is 2. The molecule has 0 radical (unpaired) electrons. The highest BCUT2D eigenvalue weighted by atomic mass is 79.9. The van der Waals surface area contributed by atoms with Crippen LogP contribution in [0.2, 0.25) is 0 Å². The number of nitrogen functional groups attached to an aromatic ring is 1. The lowest BCUT2D eigenvalue weighted by Crippen LogP contribution is -2.26. The van der Waals surface area contributed by atoms with Crippen LogP contribution in [0, 0.1) is 0 Å². The van der Waals surface area contributed by atoms with Gasteiger partial charge in [-0.05, 0) is 48.4 Å². The zero-order valence-electron chi connectivity index (χ0n) is 11.2. The molecule has 3 rings (SSSR count). The molecular formula is C16H17BrN2O. The minimum absolute atomic E-state index is 0.676. The van der Waals surface area contributed by atoms with E-state index in [0.29, 0.717) is 6.61 Å². The molecule has 0 atom stereocenters. The fourth-order valence-electron chi connectivity index (χ4n) is 2.50. The summed E-state index contributed by atoms with van der Waals surface area (Å²) in [6.45, 7) is 2.60. The van der Waals surface area contributed by atoms with Crippen molar-refractivity contribution in [1.29, 1.82) is 0 Å². The Hall–Kier alpha value is -1.68. The number of hydrogen-bond acceptors (Lipinski definition) is 3. The zero-order valence-corrected chi connectivity index (χ0v) is 12.8. The lowest BCUT2D eigenvalue weighted by atomic mass is 10.1. The number of nitrogens with zero attached hydrogens (tertiary/aromatic N) is 1. The number of hydrogen-bond donors (Lipinski definition) is 1. The van der Waals surface area contributed by atoms with Gasteiger partial charge in [0.2, 0.25) is 0 Å². The van der Waals surface area contributed by atoms with Crippen LogP contribution < -0.4 is 15.4 Å². The third-order valence-corrected chi connectivity index (χ3v) is 4.07. The van der Waals surface area contributed by atoms with Gasteiger partial charge >= 0.3 is 0 Å². The van der Waals surface area contributed by atoms with Gasteiger partial charge < -0.3 is 15.4 Å². The summed E-state index contributed by atoms with van der Waals surface area (Å²) < 4.78 is 6.84. The summed E-state index contributed by atoms with van der Waals surface area (Å²) in [5.74, 6) is 0.903. The fourth-order valence-corrected chi connectivity index (χ4v) is 2.76. The van der Waals surface area contributed by atoms with Crippen LogP contribution in [0.4, 0.5) is 11.4 Å². The van der Waals surface area contributed by atoms with Gasteiger partial charge in [-0.25, -0.2) is 0 Å². The number of anilines is 2. The maximum absolute atomic E-state index is 5.86. The third kappa shape index (κ3) is 2.90. The van der Waals surface area contributed by atoms with Crippen LogP contribution >= 0.6 is 15.9 Å². The second-order valence-corrected chi connectivity index (χ2v) is 5.84. The van der Waals surface area contributed by atoms with Crippen LogP contribution in [0.3, 0.4) is 0 Å². The van der Waals surface area contributed by atoms with Crippen molar-refractivity contribution in [2.45, 2.75) is 6.42 Å². The van der Waals surface area contributed by atoms with E-state index in [4.69, 9.17) is 10.5 Å². The Morgan fingerprint density at radius 1 is 1.15 bits per heavy atom. The molecule has 1 aliphatic rings. The van der Waals surface area contributed by atoms with Crippen molar-refractivity contribution in [3.8, 4) is 5.75 Å². The van der Waals surface area contributed by atoms with Crippen LogP contribution in [0.5, 0.6) is 5.75 Å². The van der Waals surface area contributed by atoms with E-state index in [1.807, 2.05) is 30.3 Å². The number of fused-ring (bicyclic) bond motifs is 1. The van der Waals surface area contributed by atoms with Crippen LogP contribution in [0.15, 0.2) is 46.9 Å². The average molecular weight is 333 g/mol. The highest BCUT2D eigenvalue weighted by Gasteiger charge is 2.18. The lowest BCUT2D eigenvalue weighted by molar-refractivity contribution is 0.324. The molecule has 4 heteroatoms. The zero-order chi connectivity index (χ0) is 13.9. The first-order valence-electron chi connectivity index (χ1n) is 6.74. The third-order valence-electron chi connectivity index (χ3n) is 3.54. The second-order valence-electron chi connectivity index (χ2n) is 4.93. The van der Waals surface area contributed by atoms with E-state index in [1.54, 1.807) is 0 Å². The number of nitrogens with two attached hydrogens (primary N) is 1. The monoisotopic (exact) mass is 332 g/mol. The van der Waals surface area contributed by atoms with Gasteiger partial charge in [-0.15, -0.1) is 0 Å². The van der Waals surface area contributed by atoms with E-state index in [9.17, 15) is 0 Å². The molecule has 20 heavy (non-hydrogen) atoms. The molecule has 2 aromatic carbocycles. The summed E-state index contributed by atoms with van der Waals surface area (Å²) in [7, 11) is 0. The maximum Gasteiger partial charge on any atom is 0.119 e. The highest BCUT2D eigenvalue weighted by Crippen LogP contribution is 2.29. The number of rotatable bonds is 4. The van der Waals surface area contributed by atoms with Crippen LogP contribution in [-0.2, 0) is 6.42 Å². The molecule has 0 aliphatic carbocycles. The standard InChI is InChI=1S/C16H17BrN2O/c17-13-2-5-15(6-3-13)20-10-9-19-8-7-12-1-4-14(18)11-16(12)19/h1-6,11H,7-10,18H2. The van der Waals surface area contributed by atoms with E-state index in [0.717, 1.165) is 35.4 Å². The molecule has 0 spiro atoms. The summed E-state index contributed by atoms with van der Waals surface area (Å²) >= 11 is 3.42. The first-order chi connectivity index (χ1) is 9.72. The Labute approximate surface area is 127 Å². The molecule has 0 amide bonds. The predicted molar refractivity (Wildman–Crippen MR) is 86.4 cm³/mol. The van der Waals surface area contributed by atoms with Crippen LogP contribution in [0.25, 0.3) is 0 Å². The Balaban J connectivity index is 1.58. The summed E-state index contributed by atoms with van der Waals surface area (Å²) in [6, 6.07) is 14.1. The Bertz CT molecular complexity index is 598. The molecule has 0 bridgehead atoms. The molecular weight excluding hydrogens is 316 g/mol. The van der Waals surface area contributed by atoms with Gasteiger partial charge in [0.05, 0.1) is 6.54 Å². The molecule has 1 heterocycles. The van der Waals surface area contributed by atoms with Crippen molar-refractivity contribution in [2.75, 3.05) is 30.3 Å². The second kappa shape index (κ2) is 5.75. The maximum atomic E-state index is 5.86. The topological polar surface area (TPSA) is 38.5 Å². The fraction of sp³-hybridized carbons (Fsp3) is 0.250. The van der Waals surface area contributed by atoms with Gasteiger partial charge in [0.1, 0.15) is 12.4 Å². The SMILES string of the molecule is Nc1ccc2c(c1)N(CCOc1ccc(Br)cc1)CC2. The normalized spacial score (nSPS) is 13.3. The van der Waals surface area contributed by atoms with E-state index in [2.05, 4.69) is 33.0 Å². The van der Waals surface area contributed by atoms with Crippen LogP contribution in [0.1, 0.15) is 5.56 Å². The quantitative estimate of drug-likeness (QED) is 0.871. The molecule has 0 aromatic heterocycles. The van der Waals surface area contributed by atoms with Crippen molar-refractivity contribution in [3.05, 3.63) is 52.5 Å². The Morgan fingerprint density at radius 2 is 1.95 bits per heavy atom. The Morgan fingerprint density at radius 3 is 2.75 bits per heavy atom. The largest absolute Gasteiger partial charge is 0.492 e. The van der Waals surface area contributed by atoms with E-state index in [-0.39, 0.29) is 0 Å². The van der Waals surface area contributed by atoms with Gasteiger partial charge in [0.15, 0.2) is 0 Å². The van der Waals surface area contributed by atoms with Gasteiger partial charge in [-0.1, -0.05) is 22.0 Å². The summed E-state index contributed by atoms with van der Waals surface area (Å²) in [6.07, 6.45) is 1.09. The Kier molecular flexibility index (Phi) is 3.83. The first kappa shape index (κ1) is 13.3. The molecule has 1 aliphatic heterocycles. The first-order valence-corrected chi connectivity index (χ1v) is 7.53. The van der Waals surface area contributed by atoms with Crippen molar-refractivity contribution in [2.24, 2.45) is 0 Å². The van der Waals surface area contributed by atoms with Crippen molar-refractivity contribution in [3.63, 3.8) is 0 Å². The molecule has 104 valence electrons. The van der Waals surface area contributed by atoms with Gasteiger partial charge in [-0.2, -0.15) is 0 Å². The molecule has 0 saturated carbocycles. The number of ether oxygens (including phenoxy) is 1. The average Bonchev–Trinajstić information content (AvgIpc) is 2.84. The molecule has 2 aromatic rings. The molecule has 3 nitrogen and oxygen atoms in total. The van der Waals surface area contributed by atoms with E-state index < -0.39 is 0 Å². The highest BCUT2D eigenvalue weighted by molar-refractivity contribution is 9.10. The predicted octanol–water partition coefficient (Wildman–Crippen LogP) is 3.47. The van der Waals surface area contributed by atoms with Gasteiger partial charge in [0, 0.05) is 22.4 Å². The minimum atomic E-state index is 0.676. The van der Waals surface area contributed by atoms with E-state index >= 15 is 0 Å². The van der Waals surface area contributed by atoms with Crippen molar-refractivity contribution >= 4 is 27.3 Å². The summed E-state index contributed by atoms with van der Waals surface area (Å²) in [5, 5.41) is 0. The van der Waals surface area contributed by atoms with E-state index in [1.165, 1.54) is 11.3 Å². The summed E-state index contributed by atoms with van der Waals surface area (Å²) in [4.78, 5) is 2.34. The molecule has 0 fully saturated rings.